The van der Waals surface area contributed by atoms with E-state index in [-0.39, 0.29) is 50.0 Å². The molecule has 9 nitrogen and oxygen atoms in total. The third kappa shape index (κ3) is 3.07. The number of nitrogens with zero attached hydrogens (tertiary/aromatic N) is 4. The molecule has 0 radical (unpaired) electrons. The Morgan fingerprint density at radius 3 is 2.43 bits per heavy atom. The fourth-order valence-corrected chi connectivity index (χ4v) is 2.11. The summed E-state index contributed by atoms with van der Waals surface area (Å²) in [5.41, 5.74) is 0.516. The number of ether oxygens (including phenoxy) is 2. The van der Waals surface area contributed by atoms with Gasteiger partial charge in [-0.25, -0.2) is 9.48 Å². The molecular weight excluding hydrogens is 280 g/mol. The van der Waals surface area contributed by atoms with Crippen LogP contribution in [0.4, 0.5) is 0 Å². The largest absolute Gasteiger partial charge is 0.464 e. The van der Waals surface area contributed by atoms with E-state index in [1.54, 1.807) is 0 Å². The topological polar surface area (TPSA) is 104 Å². The maximum Gasteiger partial charge on any atom is 0.360 e. The predicted molar refractivity (Wildman–Crippen MR) is 68.0 cm³/mol. The number of hydrogen-bond acceptors (Lipinski definition) is 7. The average Bonchev–Trinajstić information content (AvgIpc) is 3.01. The van der Waals surface area contributed by atoms with E-state index in [0.717, 1.165) is 0 Å². The minimum Gasteiger partial charge on any atom is -0.464 e. The summed E-state index contributed by atoms with van der Waals surface area (Å²) in [6.07, 6.45) is 0.489. The lowest BCUT2D eigenvalue weighted by Gasteiger charge is -2.14. The smallest absolute Gasteiger partial charge is 0.360 e. The van der Waals surface area contributed by atoms with Crippen molar-refractivity contribution in [3.63, 3.8) is 0 Å². The number of amides is 2. The van der Waals surface area contributed by atoms with Crippen LogP contribution in [-0.2, 0) is 32.2 Å². The van der Waals surface area contributed by atoms with Gasteiger partial charge >= 0.3 is 5.97 Å². The van der Waals surface area contributed by atoms with Crippen molar-refractivity contribution in [2.24, 2.45) is 0 Å². The van der Waals surface area contributed by atoms with Gasteiger partial charge < -0.3 is 9.47 Å². The number of carbonyl (C=O) groups is 3. The third-order valence-corrected chi connectivity index (χ3v) is 3.19. The Bertz CT molecular complexity index is 552. The van der Waals surface area contributed by atoms with Gasteiger partial charge in [0.25, 0.3) is 0 Å². The predicted octanol–water partition coefficient (Wildman–Crippen LogP) is -0.640. The monoisotopic (exact) mass is 296 g/mol. The van der Waals surface area contributed by atoms with Gasteiger partial charge in [0, 0.05) is 26.5 Å². The first-order valence-electron chi connectivity index (χ1n) is 6.41. The summed E-state index contributed by atoms with van der Waals surface area (Å²) in [4.78, 5) is 35.8. The molecule has 0 N–H and O–H groups in total. The summed E-state index contributed by atoms with van der Waals surface area (Å²) < 4.78 is 11.1. The molecule has 1 aromatic heterocycles. The maximum absolute atomic E-state index is 11.6. The van der Waals surface area contributed by atoms with Crippen LogP contribution in [0.5, 0.6) is 0 Å². The molecule has 2 heterocycles. The Labute approximate surface area is 120 Å². The second-order valence-corrected chi connectivity index (χ2v) is 4.47. The number of methoxy groups -OCH3 is 2. The van der Waals surface area contributed by atoms with Gasteiger partial charge in [-0.2, -0.15) is 0 Å². The van der Waals surface area contributed by atoms with Crippen molar-refractivity contribution in [2.45, 2.75) is 26.0 Å². The Balaban J connectivity index is 2.12. The summed E-state index contributed by atoms with van der Waals surface area (Å²) in [5, 5.41) is 7.61. The van der Waals surface area contributed by atoms with Gasteiger partial charge in [0.15, 0.2) is 5.69 Å². The number of esters is 1. The molecule has 114 valence electrons. The zero-order chi connectivity index (χ0) is 15.4. The van der Waals surface area contributed by atoms with Crippen molar-refractivity contribution >= 4 is 17.8 Å². The van der Waals surface area contributed by atoms with Crippen molar-refractivity contribution in [2.75, 3.05) is 20.8 Å². The SMILES string of the molecule is COCc1c(C(=O)OC)nnn1CCN1C(=O)CCC1=O. The molecule has 2 amide bonds. The highest BCUT2D eigenvalue weighted by molar-refractivity contribution is 6.01. The normalized spacial score (nSPS) is 14.9. The van der Waals surface area contributed by atoms with Crippen LogP contribution < -0.4 is 0 Å². The Kier molecular flexibility index (Phi) is 4.63. The van der Waals surface area contributed by atoms with E-state index < -0.39 is 5.97 Å². The molecule has 1 fully saturated rings. The fourth-order valence-electron chi connectivity index (χ4n) is 2.11. The summed E-state index contributed by atoms with van der Waals surface area (Å²) in [5.74, 6) is -0.996. The highest BCUT2D eigenvalue weighted by atomic mass is 16.5. The van der Waals surface area contributed by atoms with Crippen LogP contribution in [0.1, 0.15) is 29.0 Å². The van der Waals surface area contributed by atoms with Crippen LogP contribution in [-0.4, -0.2) is 58.4 Å². The highest BCUT2D eigenvalue weighted by Crippen LogP contribution is 2.13. The average molecular weight is 296 g/mol. The first kappa shape index (κ1) is 15.1. The lowest BCUT2D eigenvalue weighted by molar-refractivity contribution is -0.138. The molecule has 21 heavy (non-hydrogen) atoms. The van der Waals surface area contributed by atoms with Crippen molar-refractivity contribution in [1.29, 1.82) is 0 Å². The van der Waals surface area contributed by atoms with Gasteiger partial charge in [-0.3, -0.25) is 14.5 Å². The van der Waals surface area contributed by atoms with Crippen LogP contribution in [0.25, 0.3) is 0 Å². The van der Waals surface area contributed by atoms with E-state index in [4.69, 9.17) is 4.74 Å². The minimum atomic E-state index is -0.610. The van der Waals surface area contributed by atoms with Gasteiger partial charge in [-0.05, 0) is 0 Å². The third-order valence-electron chi connectivity index (χ3n) is 3.19. The van der Waals surface area contributed by atoms with Gasteiger partial charge in [0.1, 0.15) is 0 Å². The molecule has 0 aromatic carbocycles. The molecular formula is C12H16N4O5. The van der Waals surface area contributed by atoms with E-state index >= 15 is 0 Å². The van der Waals surface area contributed by atoms with Crippen molar-refractivity contribution in [1.82, 2.24) is 19.9 Å². The number of rotatable bonds is 6. The highest BCUT2D eigenvalue weighted by Gasteiger charge is 2.29. The number of likely N-dealkylation sites (tertiary alicyclic amines) is 1. The van der Waals surface area contributed by atoms with Crippen LogP contribution in [0.2, 0.25) is 0 Å². The molecule has 0 bridgehead atoms. The molecule has 1 saturated heterocycles. The van der Waals surface area contributed by atoms with E-state index in [2.05, 4.69) is 15.0 Å². The summed E-state index contributed by atoms with van der Waals surface area (Å²) in [6.45, 7) is 0.567. The number of aromatic nitrogens is 3. The van der Waals surface area contributed by atoms with E-state index in [1.807, 2.05) is 0 Å². The summed E-state index contributed by atoms with van der Waals surface area (Å²) >= 11 is 0. The molecule has 1 aliphatic rings. The van der Waals surface area contributed by atoms with Crippen LogP contribution in [0, 0.1) is 0 Å². The second-order valence-electron chi connectivity index (χ2n) is 4.47. The second kappa shape index (κ2) is 6.44. The lowest BCUT2D eigenvalue weighted by atomic mass is 10.3. The molecule has 0 saturated carbocycles. The molecule has 1 aliphatic heterocycles. The molecule has 0 atom stereocenters. The molecule has 0 spiro atoms. The summed E-state index contributed by atoms with van der Waals surface area (Å²) in [7, 11) is 2.73. The van der Waals surface area contributed by atoms with Gasteiger partial charge in [-0.15, -0.1) is 5.10 Å². The van der Waals surface area contributed by atoms with Gasteiger partial charge in [0.2, 0.25) is 11.8 Å². The Morgan fingerprint density at radius 1 is 1.19 bits per heavy atom. The fraction of sp³-hybridized carbons (Fsp3) is 0.583. The first-order valence-corrected chi connectivity index (χ1v) is 6.41. The standard InChI is InChI=1S/C12H16N4O5/c1-20-7-8-11(12(19)21-2)13-14-16(8)6-5-15-9(17)3-4-10(15)18/h3-7H2,1-2H3. The van der Waals surface area contributed by atoms with E-state index in [9.17, 15) is 14.4 Å². The molecule has 9 heteroatoms. The van der Waals surface area contributed by atoms with Crippen molar-refractivity contribution < 1.29 is 23.9 Å². The maximum atomic E-state index is 11.6. The van der Waals surface area contributed by atoms with Gasteiger partial charge in [0.05, 0.1) is 26.0 Å². The van der Waals surface area contributed by atoms with Gasteiger partial charge in [-0.1, -0.05) is 5.21 Å². The Morgan fingerprint density at radius 2 is 1.86 bits per heavy atom. The number of imide groups is 1. The van der Waals surface area contributed by atoms with Crippen molar-refractivity contribution in [3.8, 4) is 0 Å². The van der Waals surface area contributed by atoms with Crippen LogP contribution in [0.15, 0.2) is 0 Å². The van der Waals surface area contributed by atoms with Crippen molar-refractivity contribution in [3.05, 3.63) is 11.4 Å². The molecule has 2 rings (SSSR count). The quantitative estimate of drug-likeness (QED) is 0.508. The molecule has 0 aliphatic carbocycles. The minimum absolute atomic E-state index is 0.0680. The van der Waals surface area contributed by atoms with E-state index in [1.165, 1.54) is 23.8 Å². The van der Waals surface area contributed by atoms with E-state index in [0.29, 0.717) is 5.69 Å². The van der Waals surface area contributed by atoms with Crippen LogP contribution in [0.3, 0.4) is 0 Å². The zero-order valence-electron chi connectivity index (χ0n) is 11.9. The molecule has 0 unspecified atom stereocenters. The first-order chi connectivity index (χ1) is 10.1. The summed E-state index contributed by atoms with van der Waals surface area (Å²) in [6, 6.07) is 0. The van der Waals surface area contributed by atoms with Crippen LogP contribution >= 0.6 is 0 Å². The number of hydrogen-bond donors (Lipinski definition) is 0. The number of carbonyl (C=O) groups excluding carboxylic acids is 3. The Hall–Kier alpha value is -2.29. The lowest BCUT2D eigenvalue weighted by Crippen LogP contribution is -2.32. The zero-order valence-corrected chi connectivity index (χ0v) is 11.9. The molecule has 1 aromatic rings.